The lowest BCUT2D eigenvalue weighted by Crippen LogP contribution is -2.11. The Bertz CT molecular complexity index is 389. The molecule has 1 rings (SSSR count). The maximum absolute atomic E-state index is 5.91. The highest BCUT2D eigenvalue weighted by Crippen LogP contribution is 2.29. The van der Waals surface area contributed by atoms with Crippen molar-refractivity contribution in [1.29, 1.82) is 0 Å². The second kappa shape index (κ2) is 8.85. The van der Waals surface area contributed by atoms with Crippen molar-refractivity contribution in [3.63, 3.8) is 0 Å². The van der Waals surface area contributed by atoms with Gasteiger partial charge in [-0.15, -0.1) is 0 Å². The third kappa shape index (κ3) is 6.29. The van der Waals surface area contributed by atoms with Gasteiger partial charge in [0.25, 0.3) is 0 Å². The fourth-order valence-electron chi connectivity index (χ4n) is 1.72. The molecule has 1 N–H and O–H groups in total. The highest BCUT2D eigenvalue weighted by atomic mass is 16.5. The zero-order valence-corrected chi connectivity index (χ0v) is 13.5. The van der Waals surface area contributed by atoms with E-state index in [4.69, 9.17) is 9.47 Å². The van der Waals surface area contributed by atoms with Crippen molar-refractivity contribution in [2.45, 2.75) is 34.1 Å². The van der Waals surface area contributed by atoms with Crippen LogP contribution >= 0.6 is 0 Å². The quantitative estimate of drug-likeness (QED) is 0.750. The van der Waals surface area contributed by atoms with Crippen LogP contribution in [0.4, 0.5) is 0 Å². The second-order valence-corrected chi connectivity index (χ2v) is 6.04. The van der Waals surface area contributed by atoms with Gasteiger partial charge in [0, 0.05) is 0 Å². The van der Waals surface area contributed by atoms with E-state index in [9.17, 15) is 0 Å². The number of hydrogen-bond donors (Lipinski definition) is 1. The standard InChI is InChI=1S/C17H29NO2/c1-13(2)11-19-16-7-6-15(8-9-18-5)10-17(16)20-12-14(3)4/h6-7,10,13-14,18H,8-9,11-12H2,1-5H3. The van der Waals surface area contributed by atoms with E-state index in [-0.39, 0.29) is 0 Å². The van der Waals surface area contributed by atoms with Gasteiger partial charge in [0.1, 0.15) is 0 Å². The molecular weight excluding hydrogens is 250 g/mol. The molecule has 0 bridgehead atoms. The Morgan fingerprint density at radius 2 is 1.55 bits per heavy atom. The molecule has 1 aromatic rings. The van der Waals surface area contributed by atoms with Crippen LogP contribution in [0.5, 0.6) is 11.5 Å². The number of ether oxygens (including phenoxy) is 2. The van der Waals surface area contributed by atoms with Gasteiger partial charge in [-0.3, -0.25) is 0 Å². The lowest BCUT2D eigenvalue weighted by molar-refractivity contribution is 0.229. The number of benzene rings is 1. The normalized spacial score (nSPS) is 11.2. The second-order valence-electron chi connectivity index (χ2n) is 6.04. The first-order valence-electron chi connectivity index (χ1n) is 7.56. The molecule has 0 unspecified atom stereocenters. The molecule has 0 aliphatic rings. The molecule has 0 aliphatic carbocycles. The average Bonchev–Trinajstić information content (AvgIpc) is 2.41. The lowest BCUT2D eigenvalue weighted by atomic mass is 10.1. The Morgan fingerprint density at radius 1 is 0.950 bits per heavy atom. The SMILES string of the molecule is CNCCc1ccc(OCC(C)C)c(OCC(C)C)c1. The van der Waals surface area contributed by atoms with Crippen molar-refractivity contribution < 1.29 is 9.47 Å². The molecule has 1 aromatic carbocycles. The van der Waals surface area contributed by atoms with E-state index in [1.165, 1.54) is 5.56 Å². The van der Waals surface area contributed by atoms with E-state index in [0.29, 0.717) is 25.0 Å². The van der Waals surface area contributed by atoms with Crippen molar-refractivity contribution in [2.75, 3.05) is 26.8 Å². The minimum atomic E-state index is 0.508. The lowest BCUT2D eigenvalue weighted by Gasteiger charge is -2.16. The molecule has 0 radical (unpaired) electrons. The van der Waals surface area contributed by atoms with Crippen LogP contribution in [0.25, 0.3) is 0 Å². The van der Waals surface area contributed by atoms with Crippen LogP contribution in [0.1, 0.15) is 33.3 Å². The number of likely N-dealkylation sites (N-methyl/N-ethyl adjacent to an activating group) is 1. The smallest absolute Gasteiger partial charge is 0.161 e. The molecule has 0 atom stereocenters. The van der Waals surface area contributed by atoms with Gasteiger partial charge in [0.15, 0.2) is 11.5 Å². The fraction of sp³-hybridized carbons (Fsp3) is 0.647. The predicted octanol–water partition coefficient (Wildman–Crippen LogP) is 3.52. The van der Waals surface area contributed by atoms with Crippen LogP contribution in [-0.4, -0.2) is 26.8 Å². The minimum absolute atomic E-state index is 0.508. The molecule has 0 saturated carbocycles. The third-order valence-electron chi connectivity index (χ3n) is 2.82. The maximum atomic E-state index is 5.91. The Morgan fingerprint density at radius 3 is 2.10 bits per heavy atom. The molecule has 0 spiro atoms. The molecule has 114 valence electrons. The summed E-state index contributed by atoms with van der Waals surface area (Å²) < 4.78 is 11.8. The zero-order chi connectivity index (χ0) is 15.0. The summed E-state index contributed by atoms with van der Waals surface area (Å²) >= 11 is 0. The predicted molar refractivity (Wildman–Crippen MR) is 84.7 cm³/mol. The van der Waals surface area contributed by atoms with Crippen LogP contribution < -0.4 is 14.8 Å². The van der Waals surface area contributed by atoms with Gasteiger partial charge in [0.2, 0.25) is 0 Å². The van der Waals surface area contributed by atoms with Crippen molar-refractivity contribution >= 4 is 0 Å². The van der Waals surface area contributed by atoms with Crippen molar-refractivity contribution in [2.24, 2.45) is 11.8 Å². The molecular formula is C17H29NO2. The van der Waals surface area contributed by atoms with Crippen LogP contribution in [0.15, 0.2) is 18.2 Å². The van der Waals surface area contributed by atoms with Gasteiger partial charge in [-0.2, -0.15) is 0 Å². The highest BCUT2D eigenvalue weighted by molar-refractivity contribution is 5.43. The largest absolute Gasteiger partial charge is 0.489 e. The summed E-state index contributed by atoms with van der Waals surface area (Å²) in [6.45, 7) is 11.0. The van der Waals surface area contributed by atoms with E-state index in [1.807, 2.05) is 13.1 Å². The summed E-state index contributed by atoms with van der Waals surface area (Å²) in [5.41, 5.74) is 1.27. The zero-order valence-electron chi connectivity index (χ0n) is 13.5. The summed E-state index contributed by atoms with van der Waals surface area (Å²) in [5, 5.41) is 3.17. The summed E-state index contributed by atoms with van der Waals surface area (Å²) in [6, 6.07) is 6.26. The molecule has 20 heavy (non-hydrogen) atoms. The Hall–Kier alpha value is -1.22. The minimum Gasteiger partial charge on any atom is -0.489 e. The van der Waals surface area contributed by atoms with Gasteiger partial charge >= 0.3 is 0 Å². The molecule has 0 amide bonds. The fourth-order valence-corrected chi connectivity index (χ4v) is 1.72. The monoisotopic (exact) mass is 279 g/mol. The summed E-state index contributed by atoms with van der Waals surface area (Å²) in [6.07, 6.45) is 0.999. The van der Waals surface area contributed by atoms with E-state index in [2.05, 4.69) is 45.1 Å². The van der Waals surface area contributed by atoms with Crippen LogP contribution in [-0.2, 0) is 6.42 Å². The molecule has 0 heterocycles. The topological polar surface area (TPSA) is 30.5 Å². The van der Waals surface area contributed by atoms with Gasteiger partial charge in [-0.05, 0) is 49.5 Å². The average molecular weight is 279 g/mol. The molecule has 3 heteroatoms. The summed E-state index contributed by atoms with van der Waals surface area (Å²) in [5.74, 6) is 2.74. The van der Waals surface area contributed by atoms with Gasteiger partial charge < -0.3 is 14.8 Å². The van der Waals surface area contributed by atoms with Crippen molar-refractivity contribution in [3.8, 4) is 11.5 Å². The summed E-state index contributed by atoms with van der Waals surface area (Å²) in [7, 11) is 1.97. The van der Waals surface area contributed by atoms with Crippen molar-refractivity contribution in [1.82, 2.24) is 5.32 Å². The van der Waals surface area contributed by atoms with Crippen LogP contribution in [0.3, 0.4) is 0 Å². The first-order valence-corrected chi connectivity index (χ1v) is 7.56. The number of hydrogen-bond acceptors (Lipinski definition) is 3. The third-order valence-corrected chi connectivity index (χ3v) is 2.82. The van der Waals surface area contributed by atoms with Gasteiger partial charge in [-0.1, -0.05) is 33.8 Å². The Kier molecular flexibility index (Phi) is 7.45. The Labute approximate surface area is 123 Å². The molecule has 0 aliphatic heterocycles. The number of rotatable bonds is 9. The molecule has 0 saturated heterocycles. The van der Waals surface area contributed by atoms with Crippen molar-refractivity contribution in [3.05, 3.63) is 23.8 Å². The maximum Gasteiger partial charge on any atom is 0.161 e. The Balaban J connectivity index is 2.79. The van der Waals surface area contributed by atoms with Gasteiger partial charge in [-0.25, -0.2) is 0 Å². The first kappa shape index (κ1) is 16.8. The van der Waals surface area contributed by atoms with E-state index in [1.54, 1.807) is 0 Å². The summed E-state index contributed by atoms with van der Waals surface area (Å²) in [4.78, 5) is 0. The van der Waals surface area contributed by atoms with Crippen LogP contribution in [0, 0.1) is 11.8 Å². The number of nitrogens with one attached hydrogen (secondary N) is 1. The van der Waals surface area contributed by atoms with E-state index < -0.39 is 0 Å². The van der Waals surface area contributed by atoms with Gasteiger partial charge in [0.05, 0.1) is 13.2 Å². The molecule has 3 nitrogen and oxygen atoms in total. The van der Waals surface area contributed by atoms with E-state index >= 15 is 0 Å². The highest BCUT2D eigenvalue weighted by Gasteiger charge is 2.09. The molecule has 0 fully saturated rings. The molecule has 0 aromatic heterocycles. The van der Waals surface area contributed by atoms with E-state index in [0.717, 1.165) is 24.5 Å². The first-order chi connectivity index (χ1) is 9.52. The van der Waals surface area contributed by atoms with Crippen LogP contribution in [0.2, 0.25) is 0 Å².